The zero-order chi connectivity index (χ0) is 27.6. The highest BCUT2D eigenvalue weighted by Gasteiger charge is 2.39. The molecular weight excluding hydrogens is 484 g/mol. The van der Waals surface area contributed by atoms with Gasteiger partial charge in [0.15, 0.2) is 0 Å². The second kappa shape index (κ2) is 11.5. The molecule has 0 amide bonds. The standard InChI is InChI=1S/C38H44N2/c1-27-5-15-33(16-6-27)39(34-17-7-28(2)8-18-34)37-23-13-32-26-38(24-14-31(32)25-37)40(35-19-9-29(3)10-20-35)36-21-11-30(4)12-22-36/h5-12,15-22,31-32,37-38H,13-14,23-26H2,1-4H3. The molecule has 40 heavy (non-hydrogen) atoms. The summed E-state index contributed by atoms with van der Waals surface area (Å²) < 4.78 is 0. The van der Waals surface area contributed by atoms with Crippen molar-refractivity contribution in [2.45, 2.75) is 78.3 Å². The molecule has 0 aliphatic heterocycles. The molecule has 2 aliphatic carbocycles. The van der Waals surface area contributed by atoms with Gasteiger partial charge in [0, 0.05) is 34.8 Å². The molecule has 0 saturated heterocycles. The van der Waals surface area contributed by atoms with E-state index in [1.165, 1.54) is 83.5 Å². The van der Waals surface area contributed by atoms with E-state index in [1.807, 2.05) is 0 Å². The average molecular weight is 529 g/mol. The maximum atomic E-state index is 2.64. The lowest BCUT2D eigenvalue weighted by Crippen LogP contribution is -2.44. The molecule has 2 nitrogen and oxygen atoms in total. The Morgan fingerprint density at radius 1 is 0.375 bits per heavy atom. The second-order valence-corrected chi connectivity index (χ2v) is 12.5. The van der Waals surface area contributed by atoms with Crippen LogP contribution in [0.15, 0.2) is 97.1 Å². The number of hydrogen-bond donors (Lipinski definition) is 0. The van der Waals surface area contributed by atoms with Gasteiger partial charge in [-0.1, -0.05) is 70.8 Å². The van der Waals surface area contributed by atoms with E-state index in [0.29, 0.717) is 12.1 Å². The van der Waals surface area contributed by atoms with E-state index in [9.17, 15) is 0 Å². The van der Waals surface area contributed by atoms with Gasteiger partial charge in [-0.25, -0.2) is 0 Å². The van der Waals surface area contributed by atoms with Crippen molar-refractivity contribution in [1.82, 2.24) is 0 Å². The zero-order valence-electron chi connectivity index (χ0n) is 24.7. The van der Waals surface area contributed by atoms with Crippen molar-refractivity contribution in [3.8, 4) is 0 Å². The number of fused-ring (bicyclic) bond motifs is 1. The van der Waals surface area contributed by atoms with Crippen molar-refractivity contribution < 1.29 is 0 Å². The molecule has 4 aromatic carbocycles. The minimum atomic E-state index is 0.550. The molecule has 4 aromatic rings. The van der Waals surface area contributed by atoms with Crippen molar-refractivity contribution in [3.63, 3.8) is 0 Å². The first-order valence-corrected chi connectivity index (χ1v) is 15.3. The molecule has 2 aliphatic rings. The second-order valence-electron chi connectivity index (χ2n) is 12.5. The van der Waals surface area contributed by atoms with Crippen LogP contribution in [0.3, 0.4) is 0 Å². The highest BCUT2D eigenvalue weighted by Crippen LogP contribution is 2.47. The summed E-state index contributed by atoms with van der Waals surface area (Å²) in [5.74, 6) is 1.59. The van der Waals surface area contributed by atoms with E-state index in [1.54, 1.807) is 0 Å². The van der Waals surface area contributed by atoms with Crippen molar-refractivity contribution in [1.29, 1.82) is 0 Å². The lowest BCUT2D eigenvalue weighted by atomic mass is 9.67. The molecule has 2 saturated carbocycles. The van der Waals surface area contributed by atoms with Gasteiger partial charge in [0.1, 0.15) is 0 Å². The van der Waals surface area contributed by atoms with Crippen LogP contribution in [-0.2, 0) is 0 Å². The van der Waals surface area contributed by atoms with Crippen molar-refractivity contribution >= 4 is 22.7 Å². The smallest absolute Gasteiger partial charge is 0.0413 e. The minimum absolute atomic E-state index is 0.550. The van der Waals surface area contributed by atoms with Crippen LogP contribution in [0.4, 0.5) is 22.7 Å². The Morgan fingerprint density at radius 2 is 0.625 bits per heavy atom. The minimum Gasteiger partial charge on any atom is -0.338 e. The van der Waals surface area contributed by atoms with Gasteiger partial charge in [-0.2, -0.15) is 0 Å². The number of aryl methyl sites for hydroxylation is 4. The highest BCUT2D eigenvalue weighted by atomic mass is 15.2. The maximum absolute atomic E-state index is 2.64. The van der Waals surface area contributed by atoms with Crippen molar-refractivity contribution in [2.24, 2.45) is 11.8 Å². The molecule has 2 fully saturated rings. The number of nitrogens with zero attached hydrogens (tertiary/aromatic N) is 2. The van der Waals surface area contributed by atoms with E-state index in [-0.39, 0.29) is 0 Å². The Kier molecular flexibility index (Phi) is 7.69. The molecular formula is C38H44N2. The average Bonchev–Trinajstić information content (AvgIpc) is 2.97. The summed E-state index contributed by atoms with van der Waals surface area (Å²) in [6, 6.07) is 37.7. The normalized spacial score (nSPS) is 22.4. The number of rotatable bonds is 6. The summed E-state index contributed by atoms with van der Waals surface area (Å²) in [5.41, 5.74) is 10.6. The van der Waals surface area contributed by atoms with Gasteiger partial charge < -0.3 is 9.80 Å². The van der Waals surface area contributed by atoms with Crippen LogP contribution in [0.25, 0.3) is 0 Å². The Bertz CT molecular complexity index is 1180. The molecule has 0 bridgehead atoms. The van der Waals surface area contributed by atoms with Crippen LogP contribution in [0, 0.1) is 39.5 Å². The molecule has 206 valence electrons. The monoisotopic (exact) mass is 528 g/mol. The SMILES string of the molecule is Cc1ccc(N(c2ccc(C)cc2)C2CCC3CC(N(c4ccc(C)cc4)c4ccc(C)cc4)CCC3C2)cc1. The van der Waals surface area contributed by atoms with Crippen LogP contribution in [0.5, 0.6) is 0 Å². The fraction of sp³-hybridized carbons (Fsp3) is 0.368. The lowest BCUT2D eigenvalue weighted by Gasteiger charge is -2.48. The van der Waals surface area contributed by atoms with Gasteiger partial charge in [0.25, 0.3) is 0 Å². The first-order chi connectivity index (χ1) is 19.4. The lowest BCUT2D eigenvalue weighted by molar-refractivity contribution is 0.143. The Balaban J connectivity index is 1.23. The molecule has 0 spiro atoms. The number of hydrogen-bond acceptors (Lipinski definition) is 2. The fourth-order valence-electron chi connectivity index (χ4n) is 7.27. The van der Waals surface area contributed by atoms with Gasteiger partial charge in [0.2, 0.25) is 0 Å². The molecule has 0 radical (unpaired) electrons. The maximum Gasteiger partial charge on any atom is 0.0413 e. The third-order valence-corrected chi connectivity index (χ3v) is 9.54. The summed E-state index contributed by atoms with van der Waals surface area (Å²) in [6.07, 6.45) is 7.71. The van der Waals surface area contributed by atoms with Gasteiger partial charge in [0.05, 0.1) is 0 Å². The Hall–Kier alpha value is -3.52. The Labute approximate surface area is 241 Å². The van der Waals surface area contributed by atoms with E-state index in [0.717, 1.165) is 11.8 Å². The van der Waals surface area contributed by atoms with E-state index >= 15 is 0 Å². The van der Waals surface area contributed by atoms with Crippen LogP contribution in [0.2, 0.25) is 0 Å². The topological polar surface area (TPSA) is 6.48 Å². The van der Waals surface area contributed by atoms with Crippen LogP contribution in [-0.4, -0.2) is 12.1 Å². The summed E-state index contributed by atoms with van der Waals surface area (Å²) in [7, 11) is 0. The predicted octanol–water partition coefficient (Wildman–Crippen LogP) is 10.2. The van der Waals surface area contributed by atoms with Crippen LogP contribution >= 0.6 is 0 Å². The third-order valence-electron chi connectivity index (χ3n) is 9.54. The van der Waals surface area contributed by atoms with Crippen LogP contribution in [0.1, 0.15) is 60.8 Å². The molecule has 0 N–H and O–H groups in total. The van der Waals surface area contributed by atoms with Gasteiger partial charge in [-0.05, 0) is 127 Å². The van der Waals surface area contributed by atoms with E-state index < -0.39 is 0 Å². The molecule has 0 aromatic heterocycles. The Morgan fingerprint density at radius 3 is 0.875 bits per heavy atom. The molecule has 2 heteroatoms. The van der Waals surface area contributed by atoms with Crippen LogP contribution < -0.4 is 9.80 Å². The quantitative estimate of drug-likeness (QED) is 0.246. The largest absolute Gasteiger partial charge is 0.338 e. The fourth-order valence-corrected chi connectivity index (χ4v) is 7.27. The first-order valence-electron chi connectivity index (χ1n) is 15.3. The summed E-state index contributed by atoms with van der Waals surface area (Å²) in [4.78, 5) is 5.29. The number of benzene rings is 4. The predicted molar refractivity (Wildman–Crippen MR) is 171 cm³/mol. The molecule has 4 atom stereocenters. The summed E-state index contributed by atoms with van der Waals surface area (Å²) in [5, 5.41) is 0. The number of anilines is 4. The summed E-state index contributed by atoms with van der Waals surface area (Å²) in [6.45, 7) is 8.72. The molecule has 4 unspecified atom stereocenters. The van der Waals surface area contributed by atoms with E-state index in [4.69, 9.17) is 0 Å². The highest BCUT2D eigenvalue weighted by molar-refractivity contribution is 5.66. The molecule has 6 rings (SSSR count). The van der Waals surface area contributed by atoms with Gasteiger partial charge in [-0.3, -0.25) is 0 Å². The van der Waals surface area contributed by atoms with E-state index in [2.05, 4.69) is 135 Å². The van der Waals surface area contributed by atoms with Crippen molar-refractivity contribution in [2.75, 3.05) is 9.80 Å². The summed E-state index contributed by atoms with van der Waals surface area (Å²) >= 11 is 0. The first kappa shape index (κ1) is 26.7. The van der Waals surface area contributed by atoms with Gasteiger partial charge in [-0.15, -0.1) is 0 Å². The molecule has 0 heterocycles. The zero-order valence-corrected chi connectivity index (χ0v) is 24.7. The third kappa shape index (κ3) is 5.68. The van der Waals surface area contributed by atoms with Gasteiger partial charge >= 0.3 is 0 Å². The van der Waals surface area contributed by atoms with Crippen molar-refractivity contribution in [3.05, 3.63) is 119 Å².